The lowest BCUT2D eigenvalue weighted by atomic mass is 10.0. The van der Waals surface area contributed by atoms with Gasteiger partial charge in [-0.2, -0.15) is 0 Å². The summed E-state index contributed by atoms with van der Waals surface area (Å²) in [4.78, 5) is 16.4. The number of amides is 1. The first kappa shape index (κ1) is 17.3. The van der Waals surface area contributed by atoms with Crippen molar-refractivity contribution in [3.8, 4) is 0 Å². The number of rotatable bonds is 6. The van der Waals surface area contributed by atoms with E-state index in [9.17, 15) is 4.79 Å². The van der Waals surface area contributed by atoms with Crippen molar-refractivity contribution in [2.45, 2.75) is 33.6 Å². The quantitative estimate of drug-likeness (QED) is 0.768. The Labute approximate surface area is 142 Å². The van der Waals surface area contributed by atoms with Gasteiger partial charge in [-0.15, -0.1) is 0 Å². The molecule has 4 nitrogen and oxygen atoms in total. The fraction of sp³-hybridized carbons (Fsp3) is 0.333. The lowest BCUT2D eigenvalue weighted by Crippen LogP contribution is -2.21. The third kappa shape index (κ3) is 4.70. The number of hydrogen-bond donors (Lipinski definition) is 2. The van der Waals surface area contributed by atoms with Crippen molar-refractivity contribution in [2.24, 2.45) is 5.92 Å². The first-order chi connectivity index (χ1) is 11.0. The smallest absolute Gasteiger partial charge is 0.227 e. The molecule has 1 aromatic heterocycles. The van der Waals surface area contributed by atoms with Gasteiger partial charge in [0.2, 0.25) is 5.91 Å². The number of hydrogen-bond acceptors (Lipinski definition) is 3. The van der Waals surface area contributed by atoms with Gasteiger partial charge in [0.25, 0.3) is 0 Å². The number of nitrogens with zero attached hydrogens (tertiary/aromatic N) is 1. The van der Waals surface area contributed by atoms with Crippen molar-refractivity contribution in [1.29, 1.82) is 0 Å². The molecule has 1 heterocycles. The largest absolute Gasteiger partial charge is 0.340 e. The molecular formula is C18H22ClN3O. The second kappa shape index (κ2) is 7.97. The number of nitrogens with one attached hydrogen (secondary N) is 2. The van der Waals surface area contributed by atoms with E-state index < -0.39 is 0 Å². The van der Waals surface area contributed by atoms with Crippen LogP contribution in [0.3, 0.4) is 0 Å². The average molecular weight is 332 g/mol. The Morgan fingerprint density at radius 2 is 1.87 bits per heavy atom. The molecule has 0 bridgehead atoms. The molecule has 122 valence electrons. The van der Waals surface area contributed by atoms with Crippen molar-refractivity contribution >= 4 is 34.7 Å². The predicted molar refractivity (Wildman–Crippen MR) is 96.4 cm³/mol. The van der Waals surface area contributed by atoms with Gasteiger partial charge >= 0.3 is 0 Å². The van der Waals surface area contributed by atoms with Crippen LogP contribution in [0.5, 0.6) is 0 Å². The number of pyridine rings is 1. The summed E-state index contributed by atoms with van der Waals surface area (Å²) in [5, 5.41) is 6.80. The third-order valence-corrected chi connectivity index (χ3v) is 4.24. The summed E-state index contributed by atoms with van der Waals surface area (Å²) >= 11 is 6.11. The van der Waals surface area contributed by atoms with Crippen LogP contribution in [0.1, 0.15) is 32.3 Å². The highest BCUT2D eigenvalue weighted by molar-refractivity contribution is 6.31. The lowest BCUT2D eigenvalue weighted by molar-refractivity contribution is -0.120. The molecule has 0 saturated carbocycles. The minimum atomic E-state index is 0.0440. The van der Waals surface area contributed by atoms with Crippen molar-refractivity contribution in [1.82, 2.24) is 4.98 Å². The van der Waals surface area contributed by atoms with Gasteiger partial charge in [-0.1, -0.05) is 31.5 Å². The summed E-state index contributed by atoms with van der Waals surface area (Å²) in [6.07, 6.45) is 3.32. The van der Waals surface area contributed by atoms with Gasteiger partial charge in [0.15, 0.2) is 0 Å². The predicted octanol–water partition coefficient (Wildman–Crippen LogP) is 5.16. The van der Waals surface area contributed by atoms with Crippen LogP contribution in [0.25, 0.3) is 0 Å². The van der Waals surface area contributed by atoms with Crippen molar-refractivity contribution in [2.75, 3.05) is 10.6 Å². The van der Waals surface area contributed by atoms with Crippen molar-refractivity contribution in [3.05, 3.63) is 47.1 Å². The molecule has 2 N–H and O–H groups in total. The highest BCUT2D eigenvalue weighted by atomic mass is 35.5. The van der Waals surface area contributed by atoms with Gasteiger partial charge in [-0.05, 0) is 49.6 Å². The monoisotopic (exact) mass is 331 g/mol. The fourth-order valence-corrected chi connectivity index (χ4v) is 2.44. The molecule has 5 heteroatoms. The first-order valence-corrected chi connectivity index (χ1v) is 8.21. The Kier molecular flexibility index (Phi) is 5.99. The van der Waals surface area contributed by atoms with E-state index in [4.69, 9.17) is 11.6 Å². The number of anilines is 3. The van der Waals surface area contributed by atoms with Crippen molar-refractivity contribution in [3.63, 3.8) is 0 Å². The van der Waals surface area contributed by atoms with Crippen LogP contribution in [0.15, 0.2) is 36.5 Å². The Balaban J connectivity index is 2.01. The third-order valence-electron chi connectivity index (χ3n) is 3.83. The summed E-state index contributed by atoms with van der Waals surface area (Å²) in [7, 11) is 0. The van der Waals surface area contributed by atoms with Gasteiger partial charge in [-0.25, -0.2) is 4.98 Å². The van der Waals surface area contributed by atoms with E-state index in [1.807, 2.05) is 51.1 Å². The Hall–Kier alpha value is -2.07. The highest BCUT2D eigenvalue weighted by Crippen LogP contribution is 2.23. The number of carbonyl (C=O) groups is 1. The Morgan fingerprint density at radius 3 is 2.43 bits per heavy atom. The molecule has 23 heavy (non-hydrogen) atoms. The molecule has 2 rings (SSSR count). The zero-order chi connectivity index (χ0) is 16.8. The minimum Gasteiger partial charge on any atom is -0.340 e. The number of aryl methyl sites for hydroxylation is 1. The second-order valence-electron chi connectivity index (χ2n) is 5.52. The van der Waals surface area contributed by atoms with E-state index in [1.165, 1.54) is 0 Å². The lowest BCUT2D eigenvalue weighted by Gasteiger charge is -2.13. The van der Waals surface area contributed by atoms with E-state index in [1.54, 1.807) is 6.20 Å². The molecule has 0 radical (unpaired) electrons. The topological polar surface area (TPSA) is 54.0 Å². The van der Waals surface area contributed by atoms with Crippen LogP contribution in [0, 0.1) is 12.8 Å². The summed E-state index contributed by atoms with van der Waals surface area (Å²) in [5.74, 6) is 0.788. The van der Waals surface area contributed by atoms with E-state index >= 15 is 0 Å². The molecule has 0 aliphatic carbocycles. The van der Waals surface area contributed by atoms with Gasteiger partial charge < -0.3 is 10.6 Å². The van der Waals surface area contributed by atoms with E-state index in [0.717, 1.165) is 24.1 Å². The van der Waals surface area contributed by atoms with Gasteiger partial charge in [0.1, 0.15) is 5.82 Å². The van der Waals surface area contributed by atoms with Crippen LogP contribution in [-0.4, -0.2) is 10.9 Å². The normalized spacial score (nSPS) is 10.7. The molecule has 0 atom stereocenters. The molecule has 0 fully saturated rings. The first-order valence-electron chi connectivity index (χ1n) is 7.83. The van der Waals surface area contributed by atoms with E-state index in [0.29, 0.717) is 16.5 Å². The number of aromatic nitrogens is 1. The maximum atomic E-state index is 12.1. The van der Waals surface area contributed by atoms with Crippen LogP contribution < -0.4 is 10.6 Å². The van der Waals surface area contributed by atoms with E-state index in [-0.39, 0.29) is 11.8 Å². The van der Waals surface area contributed by atoms with Crippen LogP contribution in [0.2, 0.25) is 5.02 Å². The molecule has 0 unspecified atom stereocenters. The standard InChI is InChI=1S/C18H22ClN3O/c1-4-13(5-2)18(23)22-15-8-9-17(20-11-15)21-14-7-6-12(3)16(19)10-14/h6-11,13H,4-5H2,1-3H3,(H,20,21)(H,22,23). The molecule has 0 aliphatic heterocycles. The number of benzene rings is 1. The Morgan fingerprint density at radius 1 is 1.17 bits per heavy atom. The number of carbonyl (C=O) groups excluding carboxylic acids is 1. The Bertz CT molecular complexity index is 666. The second-order valence-corrected chi connectivity index (χ2v) is 5.93. The number of halogens is 1. The zero-order valence-electron chi connectivity index (χ0n) is 13.7. The molecule has 0 aliphatic rings. The highest BCUT2D eigenvalue weighted by Gasteiger charge is 2.14. The molecule has 0 spiro atoms. The molecule has 1 amide bonds. The minimum absolute atomic E-state index is 0.0440. The van der Waals surface area contributed by atoms with Crippen LogP contribution in [0.4, 0.5) is 17.2 Å². The van der Waals surface area contributed by atoms with Gasteiger partial charge in [0.05, 0.1) is 11.9 Å². The van der Waals surface area contributed by atoms with E-state index in [2.05, 4.69) is 15.6 Å². The molecule has 0 saturated heterocycles. The molecule has 1 aromatic carbocycles. The summed E-state index contributed by atoms with van der Waals surface area (Å²) < 4.78 is 0. The summed E-state index contributed by atoms with van der Waals surface area (Å²) in [6, 6.07) is 9.43. The zero-order valence-corrected chi connectivity index (χ0v) is 14.4. The van der Waals surface area contributed by atoms with Crippen molar-refractivity contribution < 1.29 is 4.79 Å². The van der Waals surface area contributed by atoms with Crippen LogP contribution in [-0.2, 0) is 4.79 Å². The summed E-state index contributed by atoms with van der Waals surface area (Å²) in [5.41, 5.74) is 2.61. The van der Waals surface area contributed by atoms with Gasteiger partial charge in [-0.3, -0.25) is 4.79 Å². The molecule has 2 aromatic rings. The average Bonchev–Trinajstić information content (AvgIpc) is 2.54. The van der Waals surface area contributed by atoms with Crippen LogP contribution >= 0.6 is 11.6 Å². The maximum absolute atomic E-state index is 12.1. The SMILES string of the molecule is CCC(CC)C(=O)Nc1ccc(Nc2ccc(C)c(Cl)c2)nc1. The van der Waals surface area contributed by atoms with Gasteiger partial charge in [0, 0.05) is 16.6 Å². The summed E-state index contributed by atoms with van der Waals surface area (Å²) in [6.45, 7) is 6.00. The fourth-order valence-electron chi connectivity index (χ4n) is 2.26. The molecular weight excluding hydrogens is 310 g/mol. The maximum Gasteiger partial charge on any atom is 0.227 e.